The quantitative estimate of drug-likeness (QED) is 0.836. The Morgan fingerprint density at radius 1 is 1.29 bits per heavy atom. The predicted octanol–water partition coefficient (Wildman–Crippen LogP) is 0.679. The third-order valence-electron chi connectivity index (χ3n) is 3.28. The van der Waals surface area contributed by atoms with E-state index in [1.807, 2.05) is 13.0 Å². The average molecular weight is 289 g/mol. The molecule has 1 aliphatic heterocycles. The van der Waals surface area contributed by atoms with E-state index < -0.39 is 0 Å². The molecule has 21 heavy (non-hydrogen) atoms. The fourth-order valence-electron chi connectivity index (χ4n) is 2.26. The van der Waals surface area contributed by atoms with Gasteiger partial charge in [0.25, 0.3) is 5.91 Å². The molecule has 1 aliphatic rings. The number of hydrogen-bond acceptors (Lipinski definition) is 3. The van der Waals surface area contributed by atoms with Crippen molar-refractivity contribution in [1.29, 1.82) is 0 Å². The molecule has 1 fully saturated rings. The highest BCUT2D eigenvalue weighted by Crippen LogP contribution is 2.22. The molecule has 0 radical (unpaired) electrons. The van der Waals surface area contributed by atoms with E-state index in [4.69, 9.17) is 0 Å². The third-order valence-corrected chi connectivity index (χ3v) is 3.28. The number of nitrogens with one attached hydrogen (secondary N) is 2. The lowest BCUT2D eigenvalue weighted by atomic mass is 10.1. The van der Waals surface area contributed by atoms with Crippen LogP contribution in [0.4, 0.5) is 5.69 Å². The minimum Gasteiger partial charge on any atom is -0.355 e. The Morgan fingerprint density at radius 2 is 2.10 bits per heavy atom. The average Bonchev–Trinajstić information content (AvgIpc) is 2.91. The fourth-order valence-corrected chi connectivity index (χ4v) is 2.26. The first kappa shape index (κ1) is 15.0. The Labute approximate surface area is 123 Å². The molecule has 1 saturated heterocycles. The van der Waals surface area contributed by atoms with Gasteiger partial charge in [-0.2, -0.15) is 0 Å². The summed E-state index contributed by atoms with van der Waals surface area (Å²) in [6, 6.07) is 6.89. The molecule has 0 unspecified atom stereocenters. The highest BCUT2D eigenvalue weighted by Gasteiger charge is 2.22. The lowest BCUT2D eigenvalue weighted by molar-refractivity contribution is -0.120. The second-order valence-corrected chi connectivity index (χ2v) is 4.84. The summed E-state index contributed by atoms with van der Waals surface area (Å²) < 4.78 is 0. The van der Waals surface area contributed by atoms with Gasteiger partial charge in [-0.1, -0.05) is 6.07 Å². The van der Waals surface area contributed by atoms with Crippen LogP contribution in [-0.2, 0) is 9.59 Å². The third kappa shape index (κ3) is 3.81. The molecule has 0 bridgehead atoms. The van der Waals surface area contributed by atoms with Crippen LogP contribution in [0.1, 0.15) is 30.1 Å². The summed E-state index contributed by atoms with van der Waals surface area (Å²) in [5, 5.41) is 5.17. The summed E-state index contributed by atoms with van der Waals surface area (Å²) in [5.41, 5.74) is 1.17. The van der Waals surface area contributed by atoms with Gasteiger partial charge in [-0.15, -0.1) is 0 Å². The maximum absolute atomic E-state index is 12.0. The van der Waals surface area contributed by atoms with Crippen molar-refractivity contribution in [2.45, 2.75) is 19.8 Å². The molecule has 0 aliphatic carbocycles. The Kier molecular flexibility index (Phi) is 4.92. The van der Waals surface area contributed by atoms with Crippen LogP contribution in [-0.4, -0.2) is 37.4 Å². The smallest absolute Gasteiger partial charge is 0.251 e. The zero-order chi connectivity index (χ0) is 15.2. The number of carbonyl (C=O) groups excluding carboxylic acids is 3. The van der Waals surface area contributed by atoms with Crippen molar-refractivity contribution in [1.82, 2.24) is 10.6 Å². The van der Waals surface area contributed by atoms with Crippen LogP contribution in [0.2, 0.25) is 0 Å². The van der Waals surface area contributed by atoms with Crippen molar-refractivity contribution >= 4 is 23.4 Å². The van der Waals surface area contributed by atoms with Gasteiger partial charge in [-0.05, 0) is 31.5 Å². The number of benzene rings is 1. The number of anilines is 1. The molecule has 2 N–H and O–H groups in total. The molecule has 112 valence electrons. The number of carbonyl (C=O) groups is 3. The first-order valence-corrected chi connectivity index (χ1v) is 7.07. The number of hydrogen-bond donors (Lipinski definition) is 2. The van der Waals surface area contributed by atoms with Crippen molar-refractivity contribution in [2.75, 3.05) is 24.5 Å². The number of nitrogens with zero attached hydrogens (tertiary/aromatic N) is 1. The van der Waals surface area contributed by atoms with E-state index in [2.05, 4.69) is 10.6 Å². The van der Waals surface area contributed by atoms with Gasteiger partial charge in [-0.3, -0.25) is 14.4 Å². The molecule has 6 nitrogen and oxygen atoms in total. The number of amides is 3. The Balaban J connectivity index is 2.01. The number of likely N-dealkylation sites (N-methyl/N-ethyl adjacent to an activating group) is 1. The van der Waals surface area contributed by atoms with Crippen LogP contribution in [0.5, 0.6) is 0 Å². The van der Waals surface area contributed by atoms with Crippen LogP contribution in [0.3, 0.4) is 0 Å². The summed E-state index contributed by atoms with van der Waals surface area (Å²) in [5.74, 6) is -0.471. The second kappa shape index (κ2) is 6.88. The van der Waals surface area contributed by atoms with Gasteiger partial charge in [0.05, 0.1) is 6.54 Å². The van der Waals surface area contributed by atoms with E-state index in [-0.39, 0.29) is 24.3 Å². The van der Waals surface area contributed by atoms with Crippen molar-refractivity contribution in [3.05, 3.63) is 29.8 Å². The fraction of sp³-hybridized carbons (Fsp3) is 0.400. The zero-order valence-corrected chi connectivity index (χ0v) is 12.0. The van der Waals surface area contributed by atoms with Gasteiger partial charge >= 0.3 is 0 Å². The molecule has 3 amide bonds. The van der Waals surface area contributed by atoms with Gasteiger partial charge < -0.3 is 15.5 Å². The summed E-state index contributed by atoms with van der Waals surface area (Å²) in [6.07, 6.45) is 1.39. The molecule has 1 aromatic carbocycles. The number of rotatable bonds is 5. The molecule has 1 heterocycles. The highest BCUT2D eigenvalue weighted by molar-refractivity contribution is 6.00. The van der Waals surface area contributed by atoms with Gasteiger partial charge in [0.15, 0.2) is 0 Å². The van der Waals surface area contributed by atoms with Crippen molar-refractivity contribution < 1.29 is 14.4 Å². The van der Waals surface area contributed by atoms with E-state index in [1.54, 1.807) is 23.1 Å². The van der Waals surface area contributed by atoms with E-state index in [0.29, 0.717) is 25.1 Å². The molecule has 0 saturated carbocycles. The summed E-state index contributed by atoms with van der Waals surface area (Å²) in [7, 11) is 0. The molecule has 0 spiro atoms. The maximum Gasteiger partial charge on any atom is 0.251 e. The van der Waals surface area contributed by atoms with E-state index in [1.165, 1.54) is 0 Å². The lowest BCUT2D eigenvalue weighted by Crippen LogP contribution is -2.36. The summed E-state index contributed by atoms with van der Waals surface area (Å²) in [6.45, 7) is 2.97. The largest absolute Gasteiger partial charge is 0.355 e. The second-order valence-electron chi connectivity index (χ2n) is 4.84. The molecular formula is C15H19N3O3. The van der Waals surface area contributed by atoms with Crippen LogP contribution in [0, 0.1) is 0 Å². The van der Waals surface area contributed by atoms with Crippen molar-refractivity contribution in [2.24, 2.45) is 0 Å². The topological polar surface area (TPSA) is 78.5 Å². The molecule has 0 aromatic heterocycles. The minimum atomic E-state index is -0.324. The standard InChI is InChI=1S/C15H19N3O3/c1-2-16-13(19)10-17-15(21)11-5-3-6-12(9-11)18-8-4-7-14(18)20/h3,5-6,9H,2,4,7-8,10H2,1H3,(H,16,19)(H,17,21). The monoisotopic (exact) mass is 289 g/mol. The van der Waals surface area contributed by atoms with Crippen molar-refractivity contribution in [3.8, 4) is 0 Å². The van der Waals surface area contributed by atoms with Crippen LogP contribution < -0.4 is 15.5 Å². The van der Waals surface area contributed by atoms with Crippen molar-refractivity contribution in [3.63, 3.8) is 0 Å². The van der Waals surface area contributed by atoms with Gasteiger partial charge in [0.1, 0.15) is 0 Å². The van der Waals surface area contributed by atoms with E-state index in [9.17, 15) is 14.4 Å². The molecular weight excluding hydrogens is 270 g/mol. The van der Waals surface area contributed by atoms with Crippen LogP contribution in [0.25, 0.3) is 0 Å². The first-order chi connectivity index (χ1) is 10.1. The van der Waals surface area contributed by atoms with Gasteiger partial charge in [0, 0.05) is 30.8 Å². The normalized spacial score (nSPS) is 14.1. The van der Waals surface area contributed by atoms with E-state index in [0.717, 1.165) is 12.1 Å². The Morgan fingerprint density at radius 3 is 2.76 bits per heavy atom. The van der Waals surface area contributed by atoms with Gasteiger partial charge in [-0.25, -0.2) is 0 Å². The summed E-state index contributed by atoms with van der Waals surface area (Å²) >= 11 is 0. The first-order valence-electron chi connectivity index (χ1n) is 7.07. The van der Waals surface area contributed by atoms with E-state index >= 15 is 0 Å². The maximum atomic E-state index is 12.0. The van der Waals surface area contributed by atoms with Crippen LogP contribution in [0.15, 0.2) is 24.3 Å². The SMILES string of the molecule is CCNC(=O)CNC(=O)c1cccc(N2CCCC2=O)c1. The van der Waals surface area contributed by atoms with Crippen LogP contribution >= 0.6 is 0 Å². The molecule has 6 heteroatoms. The lowest BCUT2D eigenvalue weighted by Gasteiger charge is -2.16. The summed E-state index contributed by atoms with van der Waals surface area (Å²) in [4.78, 5) is 36.7. The molecule has 1 aromatic rings. The Hall–Kier alpha value is -2.37. The minimum absolute atomic E-state index is 0.0560. The molecule has 2 rings (SSSR count). The molecule has 0 atom stereocenters. The Bertz CT molecular complexity index is 557. The predicted molar refractivity (Wildman–Crippen MR) is 79.0 cm³/mol. The zero-order valence-electron chi connectivity index (χ0n) is 12.0. The highest BCUT2D eigenvalue weighted by atomic mass is 16.2. The van der Waals surface area contributed by atoms with Gasteiger partial charge in [0.2, 0.25) is 11.8 Å².